The van der Waals surface area contributed by atoms with E-state index in [4.69, 9.17) is 9.97 Å². The van der Waals surface area contributed by atoms with Crippen molar-refractivity contribution in [2.75, 3.05) is 11.9 Å². The van der Waals surface area contributed by atoms with Gasteiger partial charge in [0.1, 0.15) is 5.82 Å². The van der Waals surface area contributed by atoms with E-state index in [9.17, 15) is 4.79 Å². The third-order valence-electron chi connectivity index (χ3n) is 5.52. The van der Waals surface area contributed by atoms with E-state index in [1.54, 1.807) is 24.2 Å². The zero-order valence-corrected chi connectivity index (χ0v) is 20.8. The fraction of sp³-hybridized carbons (Fsp3) is 0.214. The van der Waals surface area contributed by atoms with Crippen LogP contribution >= 0.6 is 11.8 Å². The van der Waals surface area contributed by atoms with Crippen LogP contribution in [0.4, 0.5) is 5.82 Å². The van der Waals surface area contributed by atoms with Gasteiger partial charge in [-0.3, -0.25) is 9.78 Å². The number of hydrogen-bond acceptors (Lipinski definition) is 6. The fourth-order valence-electron chi connectivity index (χ4n) is 3.53. The number of hydrogen-bond donors (Lipinski definition) is 1. The highest BCUT2D eigenvalue weighted by Crippen LogP contribution is 2.24. The van der Waals surface area contributed by atoms with Gasteiger partial charge in [-0.05, 0) is 41.3 Å². The molecule has 2 heterocycles. The summed E-state index contributed by atoms with van der Waals surface area (Å²) in [6.07, 6.45) is 4.32. The number of carbonyl (C=O) groups excluding carboxylic acids is 1. The number of rotatable bonds is 10. The minimum atomic E-state index is -0.0990. The third-order valence-corrected chi connectivity index (χ3v) is 6.44. The minimum absolute atomic E-state index is 0.0990. The summed E-state index contributed by atoms with van der Waals surface area (Å²) in [7, 11) is 2.06. The highest BCUT2D eigenvalue weighted by Gasteiger charge is 2.10. The third kappa shape index (κ3) is 7.13. The zero-order valence-electron chi connectivity index (χ0n) is 20.0. The van der Waals surface area contributed by atoms with E-state index in [0.717, 1.165) is 46.5 Å². The normalized spacial score (nSPS) is 10.7. The molecule has 35 heavy (non-hydrogen) atoms. The topological polar surface area (TPSA) is 71.0 Å². The Hall–Kier alpha value is -3.71. The minimum Gasteiger partial charge on any atom is -0.355 e. The van der Waals surface area contributed by atoms with Gasteiger partial charge in [0, 0.05) is 55.6 Å². The molecule has 0 saturated carbocycles. The molecule has 0 saturated heterocycles. The number of nitrogens with one attached hydrogen (secondary N) is 1. The fourth-order valence-corrected chi connectivity index (χ4v) is 4.35. The van der Waals surface area contributed by atoms with E-state index >= 15 is 0 Å². The van der Waals surface area contributed by atoms with Crippen LogP contribution in [0.1, 0.15) is 39.7 Å². The molecule has 7 heteroatoms. The standard InChI is InChI=1S/C28H29N5OS/c1-3-25-16-26(33(2)19-21-8-5-4-6-9-21)32-28(31-25)35-20-22-11-13-24(14-12-22)27(34)30-18-23-10-7-15-29-17-23/h4-17H,3,18-20H2,1-2H3,(H,30,34). The first-order valence-corrected chi connectivity index (χ1v) is 12.6. The van der Waals surface area contributed by atoms with Crippen molar-refractivity contribution in [2.45, 2.75) is 37.3 Å². The van der Waals surface area contributed by atoms with Gasteiger partial charge in [0.15, 0.2) is 5.16 Å². The van der Waals surface area contributed by atoms with Crippen LogP contribution in [-0.2, 0) is 25.3 Å². The lowest BCUT2D eigenvalue weighted by atomic mass is 10.1. The highest BCUT2D eigenvalue weighted by molar-refractivity contribution is 7.98. The van der Waals surface area contributed by atoms with E-state index in [0.29, 0.717) is 12.1 Å². The van der Waals surface area contributed by atoms with Crippen LogP contribution in [0.15, 0.2) is 90.3 Å². The molecule has 4 rings (SSSR count). The second kappa shape index (κ2) is 12.1. The van der Waals surface area contributed by atoms with Gasteiger partial charge in [0.25, 0.3) is 5.91 Å². The number of benzene rings is 2. The van der Waals surface area contributed by atoms with Crippen LogP contribution in [0.5, 0.6) is 0 Å². The van der Waals surface area contributed by atoms with Crippen LogP contribution in [0.3, 0.4) is 0 Å². The van der Waals surface area contributed by atoms with E-state index < -0.39 is 0 Å². The molecule has 0 atom stereocenters. The van der Waals surface area contributed by atoms with Crippen molar-refractivity contribution in [3.05, 3.63) is 113 Å². The lowest BCUT2D eigenvalue weighted by Gasteiger charge is -2.19. The van der Waals surface area contributed by atoms with Crippen molar-refractivity contribution in [1.29, 1.82) is 0 Å². The Kier molecular flexibility index (Phi) is 8.46. The molecule has 0 bridgehead atoms. The van der Waals surface area contributed by atoms with E-state index in [1.165, 1.54) is 5.56 Å². The molecule has 0 aliphatic rings. The summed E-state index contributed by atoms with van der Waals surface area (Å²) in [6, 6.07) is 23.9. The number of aromatic nitrogens is 3. The second-order valence-electron chi connectivity index (χ2n) is 8.22. The predicted octanol–water partition coefficient (Wildman–Crippen LogP) is 5.29. The predicted molar refractivity (Wildman–Crippen MR) is 141 cm³/mol. The molecule has 1 N–H and O–H groups in total. The first-order valence-electron chi connectivity index (χ1n) is 11.6. The van der Waals surface area contributed by atoms with Gasteiger partial charge in [-0.2, -0.15) is 0 Å². The van der Waals surface area contributed by atoms with Crippen molar-refractivity contribution < 1.29 is 4.79 Å². The maximum absolute atomic E-state index is 12.5. The van der Waals surface area contributed by atoms with E-state index in [1.807, 2.05) is 42.5 Å². The molecule has 6 nitrogen and oxygen atoms in total. The van der Waals surface area contributed by atoms with Crippen molar-refractivity contribution in [1.82, 2.24) is 20.3 Å². The lowest BCUT2D eigenvalue weighted by Crippen LogP contribution is -2.22. The molecule has 0 aliphatic carbocycles. The van der Waals surface area contributed by atoms with Gasteiger partial charge in [-0.1, -0.05) is 67.2 Å². The summed E-state index contributed by atoms with van der Waals surface area (Å²) in [4.78, 5) is 28.2. The number of carbonyl (C=O) groups is 1. The van der Waals surface area contributed by atoms with Crippen molar-refractivity contribution >= 4 is 23.5 Å². The van der Waals surface area contributed by atoms with Gasteiger partial charge in [0.05, 0.1) is 0 Å². The highest BCUT2D eigenvalue weighted by atomic mass is 32.2. The monoisotopic (exact) mass is 483 g/mol. The summed E-state index contributed by atoms with van der Waals surface area (Å²) in [5.41, 5.74) is 4.99. The Morgan fingerprint density at radius 1 is 0.943 bits per heavy atom. The summed E-state index contributed by atoms with van der Waals surface area (Å²) in [5.74, 6) is 1.55. The first kappa shape index (κ1) is 24.4. The smallest absolute Gasteiger partial charge is 0.251 e. The van der Waals surface area contributed by atoms with Crippen LogP contribution in [0.25, 0.3) is 0 Å². The molecule has 178 valence electrons. The maximum Gasteiger partial charge on any atom is 0.251 e. The van der Waals surface area contributed by atoms with E-state index in [-0.39, 0.29) is 5.91 Å². The Balaban J connectivity index is 1.36. The molecule has 0 radical (unpaired) electrons. The van der Waals surface area contributed by atoms with Crippen molar-refractivity contribution in [3.63, 3.8) is 0 Å². The van der Waals surface area contributed by atoms with E-state index in [2.05, 4.69) is 59.5 Å². The molecule has 0 fully saturated rings. The largest absolute Gasteiger partial charge is 0.355 e. The Morgan fingerprint density at radius 3 is 2.43 bits per heavy atom. The number of amides is 1. The van der Waals surface area contributed by atoms with Crippen molar-refractivity contribution in [3.8, 4) is 0 Å². The number of nitrogens with zero attached hydrogens (tertiary/aromatic N) is 4. The number of aryl methyl sites for hydroxylation is 1. The molecule has 0 unspecified atom stereocenters. The molecular formula is C28H29N5OS. The van der Waals surface area contributed by atoms with Crippen LogP contribution < -0.4 is 10.2 Å². The first-order chi connectivity index (χ1) is 17.1. The molecule has 1 amide bonds. The van der Waals surface area contributed by atoms with Crippen LogP contribution in [0, 0.1) is 0 Å². The zero-order chi connectivity index (χ0) is 24.5. The lowest BCUT2D eigenvalue weighted by molar-refractivity contribution is 0.0951. The molecular weight excluding hydrogens is 454 g/mol. The quantitative estimate of drug-likeness (QED) is 0.244. The molecule has 0 spiro atoms. The van der Waals surface area contributed by atoms with Gasteiger partial charge in [0.2, 0.25) is 0 Å². The average molecular weight is 484 g/mol. The summed E-state index contributed by atoms with van der Waals surface area (Å²) in [5, 5.41) is 3.69. The molecule has 2 aromatic heterocycles. The summed E-state index contributed by atoms with van der Waals surface area (Å²) >= 11 is 1.61. The Morgan fingerprint density at radius 2 is 1.71 bits per heavy atom. The Labute approximate surface area is 210 Å². The van der Waals surface area contributed by atoms with Crippen LogP contribution in [0.2, 0.25) is 0 Å². The Bertz CT molecular complexity index is 1230. The number of pyridine rings is 1. The van der Waals surface area contributed by atoms with Crippen molar-refractivity contribution in [2.24, 2.45) is 0 Å². The SMILES string of the molecule is CCc1cc(N(C)Cc2ccccc2)nc(SCc2ccc(C(=O)NCc3cccnc3)cc2)n1. The van der Waals surface area contributed by atoms with Gasteiger partial charge < -0.3 is 10.2 Å². The molecule has 0 aliphatic heterocycles. The average Bonchev–Trinajstić information content (AvgIpc) is 2.91. The second-order valence-corrected chi connectivity index (χ2v) is 9.17. The van der Waals surface area contributed by atoms with Gasteiger partial charge in [-0.25, -0.2) is 9.97 Å². The summed E-state index contributed by atoms with van der Waals surface area (Å²) < 4.78 is 0. The molecule has 4 aromatic rings. The van der Waals surface area contributed by atoms with Gasteiger partial charge >= 0.3 is 0 Å². The number of anilines is 1. The number of thioether (sulfide) groups is 1. The van der Waals surface area contributed by atoms with Crippen LogP contribution in [-0.4, -0.2) is 27.9 Å². The maximum atomic E-state index is 12.5. The van der Waals surface area contributed by atoms with Gasteiger partial charge in [-0.15, -0.1) is 0 Å². The summed E-state index contributed by atoms with van der Waals surface area (Å²) in [6.45, 7) is 3.35. The molecule has 2 aromatic carbocycles.